The average molecular weight is 234 g/mol. The molecule has 0 spiro atoms. The van der Waals surface area contributed by atoms with Crippen molar-refractivity contribution in [3.8, 4) is 0 Å². The summed E-state index contributed by atoms with van der Waals surface area (Å²) in [5, 5.41) is 0. The Hall–Kier alpha value is -1.97. The van der Waals surface area contributed by atoms with E-state index in [-0.39, 0.29) is 5.56 Å². The minimum absolute atomic E-state index is 0.318. The van der Waals surface area contributed by atoms with Crippen LogP contribution < -0.4 is 5.56 Å². The number of allylic oxidation sites excluding steroid dienone is 2. The zero-order valence-corrected chi connectivity index (χ0v) is 9.98. The van der Waals surface area contributed by atoms with E-state index in [1.807, 2.05) is 13.8 Å². The molecule has 0 aliphatic rings. The van der Waals surface area contributed by atoms with Crippen molar-refractivity contribution in [2.75, 3.05) is 0 Å². The lowest BCUT2D eigenvalue weighted by molar-refractivity contribution is 0.614. The molecule has 0 aliphatic heterocycles. The van der Waals surface area contributed by atoms with Crippen LogP contribution in [-0.4, -0.2) is 10.3 Å². The van der Waals surface area contributed by atoms with E-state index in [1.165, 1.54) is 22.9 Å². The molecule has 0 fully saturated rings. The first-order valence-corrected chi connectivity index (χ1v) is 5.33. The van der Waals surface area contributed by atoms with Crippen LogP contribution in [0.1, 0.15) is 20.3 Å². The Labute approximate surface area is 99.6 Å². The maximum atomic E-state index is 13.1. The third-order valence-electron chi connectivity index (χ3n) is 2.29. The minimum Gasteiger partial charge on any atom is -0.280 e. The normalized spacial score (nSPS) is 12.6. The Bertz CT molecular complexity index is 526. The van der Waals surface area contributed by atoms with Gasteiger partial charge in [-0.3, -0.25) is 14.4 Å². The highest BCUT2D eigenvalue weighted by Crippen LogP contribution is 2.05. The minimum atomic E-state index is -0.478. The van der Waals surface area contributed by atoms with Crippen LogP contribution in [0, 0.1) is 5.82 Å². The molecule has 0 saturated carbocycles. The van der Waals surface area contributed by atoms with Gasteiger partial charge in [-0.15, -0.1) is 0 Å². The summed E-state index contributed by atoms with van der Waals surface area (Å²) in [6.45, 7) is 7.45. The van der Waals surface area contributed by atoms with E-state index in [9.17, 15) is 9.18 Å². The fraction of sp³-hybridized carbons (Fsp3) is 0.231. The SMILES string of the molecule is C=C/C(=C\N=C(C)CC)n1cc(F)ccc1=O. The largest absolute Gasteiger partial charge is 0.280 e. The van der Waals surface area contributed by atoms with Gasteiger partial charge in [-0.2, -0.15) is 0 Å². The highest BCUT2D eigenvalue weighted by Gasteiger charge is 2.00. The molecule has 1 aromatic rings. The van der Waals surface area contributed by atoms with Crippen molar-refractivity contribution < 1.29 is 4.39 Å². The molecule has 0 atom stereocenters. The van der Waals surface area contributed by atoms with Crippen LogP contribution in [0.3, 0.4) is 0 Å². The Morgan fingerprint density at radius 2 is 2.29 bits per heavy atom. The Kier molecular flexibility index (Phi) is 4.57. The first kappa shape index (κ1) is 13.1. The number of rotatable bonds is 4. The van der Waals surface area contributed by atoms with Gasteiger partial charge in [-0.1, -0.05) is 13.5 Å². The van der Waals surface area contributed by atoms with Crippen molar-refractivity contribution in [1.82, 2.24) is 4.57 Å². The quantitative estimate of drug-likeness (QED) is 0.582. The van der Waals surface area contributed by atoms with E-state index in [1.54, 1.807) is 0 Å². The van der Waals surface area contributed by atoms with Crippen molar-refractivity contribution in [3.63, 3.8) is 0 Å². The highest BCUT2D eigenvalue weighted by atomic mass is 19.1. The van der Waals surface area contributed by atoms with Gasteiger partial charge in [-0.25, -0.2) is 4.39 Å². The third-order valence-corrected chi connectivity index (χ3v) is 2.29. The van der Waals surface area contributed by atoms with Crippen LogP contribution in [0.5, 0.6) is 0 Å². The molecule has 0 N–H and O–H groups in total. The van der Waals surface area contributed by atoms with Gasteiger partial charge in [0.2, 0.25) is 0 Å². The Morgan fingerprint density at radius 1 is 1.59 bits per heavy atom. The Morgan fingerprint density at radius 3 is 2.88 bits per heavy atom. The second kappa shape index (κ2) is 5.94. The maximum absolute atomic E-state index is 13.1. The monoisotopic (exact) mass is 234 g/mol. The summed E-state index contributed by atoms with van der Waals surface area (Å²) in [6.07, 6.45) is 4.91. The number of pyridine rings is 1. The topological polar surface area (TPSA) is 34.4 Å². The van der Waals surface area contributed by atoms with Gasteiger partial charge in [0.1, 0.15) is 5.82 Å². The fourth-order valence-corrected chi connectivity index (χ4v) is 1.14. The van der Waals surface area contributed by atoms with Crippen LogP contribution >= 0.6 is 0 Å². The maximum Gasteiger partial charge on any atom is 0.255 e. The molecule has 0 aliphatic carbocycles. The van der Waals surface area contributed by atoms with Gasteiger partial charge in [0.15, 0.2) is 0 Å². The molecule has 0 radical (unpaired) electrons. The molecule has 4 heteroatoms. The standard InChI is InChI=1S/C13H15FN2O/c1-4-10(3)15-8-12(5-2)16-9-11(14)6-7-13(16)17/h5-9H,2,4H2,1,3H3/b12-8+,15-10?. The van der Waals surface area contributed by atoms with Crippen LogP contribution in [0.25, 0.3) is 5.70 Å². The summed E-state index contributed by atoms with van der Waals surface area (Å²) < 4.78 is 14.2. The lowest BCUT2D eigenvalue weighted by Crippen LogP contribution is -2.17. The van der Waals surface area contributed by atoms with E-state index in [2.05, 4.69) is 11.6 Å². The van der Waals surface area contributed by atoms with Crippen LogP contribution in [0.15, 0.2) is 47.0 Å². The second-order valence-electron chi connectivity index (χ2n) is 3.53. The highest BCUT2D eigenvalue weighted by molar-refractivity contribution is 5.82. The van der Waals surface area contributed by atoms with E-state index < -0.39 is 5.82 Å². The van der Waals surface area contributed by atoms with E-state index in [4.69, 9.17) is 0 Å². The number of hydrogen-bond acceptors (Lipinski definition) is 2. The van der Waals surface area contributed by atoms with Crippen molar-refractivity contribution in [1.29, 1.82) is 0 Å². The van der Waals surface area contributed by atoms with Crippen molar-refractivity contribution in [3.05, 3.63) is 53.4 Å². The molecule has 0 amide bonds. The molecule has 1 heterocycles. The molecule has 90 valence electrons. The van der Waals surface area contributed by atoms with Crippen LogP contribution in [-0.2, 0) is 0 Å². The second-order valence-corrected chi connectivity index (χ2v) is 3.53. The predicted octanol–water partition coefficient (Wildman–Crippen LogP) is 2.84. The van der Waals surface area contributed by atoms with E-state index >= 15 is 0 Å². The number of nitrogens with zero attached hydrogens (tertiary/aromatic N) is 2. The van der Waals surface area contributed by atoms with Gasteiger partial charge in [0, 0.05) is 18.0 Å². The summed E-state index contributed by atoms with van der Waals surface area (Å²) in [5.74, 6) is -0.478. The summed E-state index contributed by atoms with van der Waals surface area (Å²) in [6, 6.07) is 2.29. The molecule has 0 saturated heterocycles. The number of aromatic nitrogens is 1. The van der Waals surface area contributed by atoms with Gasteiger partial charge in [0.25, 0.3) is 5.56 Å². The van der Waals surface area contributed by atoms with Gasteiger partial charge in [-0.05, 0) is 25.5 Å². The lowest BCUT2D eigenvalue weighted by Gasteiger charge is -2.04. The summed E-state index contributed by atoms with van der Waals surface area (Å²) >= 11 is 0. The molecule has 0 bridgehead atoms. The van der Waals surface area contributed by atoms with Crippen LogP contribution in [0.4, 0.5) is 4.39 Å². The number of halogens is 1. The lowest BCUT2D eigenvalue weighted by atomic mass is 10.3. The summed E-state index contributed by atoms with van der Waals surface area (Å²) in [7, 11) is 0. The predicted molar refractivity (Wildman–Crippen MR) is 68.5 cm³/mol. The smallest absolute Gasteiger partial charge is 0.255 e. The molecule has 17 heavy (non-hydrogen) atoms. The van der Waals surface area contributed by atoms with E-state index in [0.29, 0.717) is 5.70 Å². The number of hydrogen-bond donors (Lipinski definition) is 0. The molecular weight excluding hydrogens is 219 g/mol. The zero-order valence-electron chi connectivity index (χ0n) is 9.98. The molecule has 3 nitrogen and oxygen atoms in total. The zero-order chi connectivity index (χ0) is 12.8. The molecule has 1 aromatic heterocycles. The van der Waals surface area contributed by atoms with E-state index in [0.717, 1.165) is 24.4 Å². The third kappa shape index (κ3) is 3.52. The molecule has 1 rings (SSSR count). The fourth-order valence-electron chi connectivity index (χ4n) is 1.14. The first-order chi connectivity index (χ1) is 8.08. The Balaban J connectivity index is 3.23. The van der Waals surface area contributed by atoms with Crippen molar-refractivity contribution in [2.45, 2.75) is 20.3 Å². The molecule has 0 unspecified atom stereocenters. The molecular formula is C13H15FN2O. The summed E-state index contributed by atoms with van der Waals surface area (Å²) in [4.78, 5) is 15.7. The van der Waals surface area contributed by atoms with Gasteiger partial charge in [0.05, 0.1) is 11.9 Å². The summed E-state index contributed by atoms with van der Waals surface area (Å²) in [5.41, 5.74) is 1.05. The molecule has 0 aromatic carbocycles. The van der Waals surface area contributed by atoms with Crippen LogP contribution in [0.2, 0.25) is 0 Å². The van der Waals surface area contributed by atoms with Gasteiger partial charge >= 0.3 is 0 Å². The van der Waals surface area contributed by atoms with Crippen molar-refractivity contribution >= 4 is 11.4 Å². The van der Waals surface area contributed by atoms with Gasteiger partial charge < -0.3 is 0 Å². The first-order valence-electron chi connectivity index (χ1n) is 5.33. The number of aliphatic imine (C=N–C) groups is 1. The average Bonchev–Trinajstić information content (AvgIpc) is 2.33. The van der Waals surface area contributed by atoms with Crippen molar-refractivity contribution in [2.24, 2.45) is 4.99 Å².